The van der Waals surface area contributed by atoms with Crippen LogP contribution in [0.25, 0.3) is 5.69 Å². The summed E-state index contributed by atoms with van der Waals surface area (Å²) in [6, 6.07) is 13.2. The first-order valence-electron chi connectivity index (χ1n) is 7.37. The van der Waals surface area contributed by atoms with Gasteiger partial charge in [-0.05, 0) is 42.8 Å². The van der Waals surface area contributed by atoms with Crippen LogP contribution in [0.1, 0.15) is 16.2 Å². The highest BCUT2D eigenvalue weighted by atomic mass is 19.3. The molecule has 1 N–H and O–H groups in total. The van der Waals surface area contributed by atoms with Crippen molar-refractivity contribution >= 4 is 11.6 Å². The number of carbonyl (C=O) groups excluding carboxylic acids is 1. The largest absolute Gasteiger partial charge is 0.435 e. The normalized spacial score (nSPS) is 10.7. The van der Waals surface area contributed by atoms with Gasteiger partial charge in [-0.3, -0.25) is 4.79 Å². The molecule has 0 bridgehead atoms. The molecule has 0 atom stereocenters. The molecule has 0 fully saturated rings. The number of carbonyl (C=O) groups is 1. The number of alkyl halides is 2. The summed E-state index contributed by atoms with van der Waals surface area (Å²) in [6.45, 7) is -1.00. The minimum atomic E-state index is -2.88. The number of hydrogen-bond acceptors (Lipinski definition) is 4. The number of hydrogen-bond donors (Lipinski definition) is 1. The Hall–Kier alpha value is -3.29. The van der Waals surface area contributed by atoms with E-state index in [1.807, 2.05) is 25.1 Å². The van der Waals surface area contributed by atoms with Crippen LogP contribution in [0.2, 0.25) is 0 Å². The molecule has 3 rings (SSSR count). The SMILES string of the molecule is Cc1ccccc1NC(=O)c1ncn(-c2ccc(OC(F)F)cc2)n1. The van der Waals surface area contributed by atoms with Gasteiger partial charge in [-0.15, -0.1) is 5.10 Å². The molecular weight excluding hydrogens is 330 g/mol. The van der Waals surface area contributed by atoms with Crippen LogP contribution in [-0.4, -0.2) is 27.3 Å². The van der Waals surface area contributed by atoms with E-state index in [4.69, 9.17) is 0 Å². The molecule has 0 unspecified atom stereocenters. The molecule has 0 radical (unpaired) electrons. The third kappa shape index (κ3) is 3.97. The van der Waals surface area contributed by atoms with Crippen molar-refractivity contribution in [3.8, 4) is 11.4 Å². The molecule has 3 aromatic rings. The van der Waals surface area contributed by atoms with Crippen molar-refractivity contribution in [3.05, 3.63) is 66.2 Å². The molecule has 0 spiro atoms. The fourth-order valence-electron chi connectivity index (χ4n) is 2.16. The summed E-state index contributed by atoms with van der Waals surface area (Å²) < 4.78 is 30.0. The molecule has 0 aliphatic carbocycles. The molecule has 0 saturated heterocycles. The van der Waals surface area contributed by atoms with Crippen molar-refractivity contribution in [1.82, 2.24) is 14.8 Å². The number of para-hydroxylation sites is 1. The summed E-state index contributed by atoms with van der Waals surface area (Å²) in [6.07, 6.45) is 1.37. The van der Waals surface area contributed by atoms with Gasteiger partial charge in [0.25, 0.3) is 5.91 Å². The summed E-state index contributed by atoms with van der Waals surface area (Å²) >= 11 is 0. The maximum atomic E-state index is 12.2. The number of amides is 1. The topological polar surface area (TPSA) is 69.0 Å². The Morgan fingerprint density at radius 1 is 1.16 bits per heavy atom. The van der Waals surface area contributed by atoms with Gasteiger partial charge < -0.3 is 10.1 Å². The Kier molecular flexibility index (Phi) is 4.69. The maximum absolute atomic E-state index is 12.2. The highest BCUT2D eigenvalue weighted by Gasteiger charge is 2.13. The zero-order valence-corrected chi connectivity index (χ0v) is 13.2. The van der Waals surface area contributed by atoms with Crippen molar-refractivity contribution in [2.24, 2.45) is 0 Å². The van der Waals surface area contributed by atoms with E-state index in [0.717, 1.165) is 5.56 Å². The molecule has 0 aliphatic heterocycles. The standard InChI is InChI=1S/C17H14F2N4O2/c1-11-4-2-3-5-14(11)21-16(24)15-20-10-23(22-15)12-6-8-13(9-7-12)25-17(18)19/h2-10,17H,1H3,(H,21,24). The minimum absolute atomic E-state index is 0.00356. The van der Waals surface area contributed by atoms with Crippen LogP contribution in [-0.2, 0) is 0 Å². The van der Waals surface area contributed by atoms with E-state index in [1.165, 1.54) is 35.3 Å². The Balaban J connectivity index is 1.73. The number of benzene rings is 2. The van der Waals surface area contributed by atoms with Gasteiger partial charge in [0.2, 0.25) is 5.82 Å². The van der Waals surface area contributed by atoms with Crippen LogP contribution < -0.4 is 10.1 Å². The maximum Gasteiger partial charge on any atom is 0.387 e. The zero-order valence-electron chi connectivity index (χ0n) is 13.2. The highest BCUT2D eigenvalue weighted by Crippen LogP contribution is 2.17. The Bertz CT molecular complexity index is 878. The summed E-state index contributed by atoms with van der Waals surface area (Å²) in [5, 5.41) is 6.84. The van der Waals surface area contributed by atoms with Crippen molar-refractivity contribution in [2.75, 3.05) is 5.32 Å². The third-order valence-corrected chi connectivity index (χ3v) is 3.41. The Morgan fingerprint density at radius 3 is 2.56 bits per heavy atom. The first kappa shape index (κ1) is 16.6. The van der Waals surface area contributed by atoms with Crippen molar-refractivity contribution in [1.29, 1.82) is 0 Å². The number of aromatic nitrogens is 3. The third-order valence-electron chi connectivity index (χ3n) is 3.41. The monoisotopic (exact) mass is 344 g/mol. The highest BCUT2D eigenvalue weighted by molar-refractivity contribution is 6.01. The number of rotatable bonds is 5. The number of aryl methyl sites for hydroxylation is 1. The number of anilines is 1. The molecule has 128 valence electrons. The second kappa shape index (κ2) is 7.08. The number of ether oxygens (including phenoxy) is 1. The lowest BCUT2D eigenvalue weighted by molar-refractivity contribution is -0.0498. The number of nitrogens with zero attached hydrogens (tertiary/aromatic N) is 3. The van der Waals surface area contributed by atoms with Crippen LogP contribution in [0.4, 0.5) is 14.5 Å². The quantitative estimate of drug-likeness (QED) is 0.770. The van der Waals surface area contributed by atoms with Crippen molar-refractivity contribution < 1.29 is 18.3 Å². The number of nitrogens with one attached hydrogen (secondary N) is 1. The fraction of sp³-hybridized carbons (Fsp3) is 0.118. The van der Waals surface area contributed by atoms with Crippen LogP contribution >= 0.6 is 0 Å². The van der Waals surface area contributed by atoms with Gasteiger partial charge in [0.15, 0.2) is 0 Å². The predicted molar refractivity (Wildman–Crippen MR) is 87.1 cm³/mol. The molecule has 25 heavy (non-hydrogen) atoms. The summed E-state index contributed by atoms with van der Waals surface area (Å²) in [4.78, 5) is 16.2. The van der Waals surface area contributed by atoms with Crippen LogP contribution in [0.5, 0.6) is 5.75 Å². The molecule has 6 nitrogen and oxygen atoms in total. The van der Waals surface area contributed by atoms with E-state index < -0.39 is 12.5 Å². The van der Waals surface area contributed by atoms with E-state index in [9.17, 15) is 13.6 Å². The second-order valence-corrected chi connectivity index (χ2v) is 5.15. The van der Waals surface area contributed by atoms with Crippen LogP contribution in [0.15, 0.2) is 54.9 Å². The van der Waals surface area contributed by atoms with E-state index in [1.54, 1.807) is 6.07 Å². The number of halogens is 2. The molecule has 2 aromatic carbocycles. The zero-order chi connectivity index (χ0) is 17.8. The summed E-state index contributed by atoms with van der Waals surface area (Å²) in [7, 11) is 0. The van der Waals surface area contributed by atoms with Gasteiger partial charge in [-0.1, -0.05) is 18.2 Å². The Labute approximate surface area is 142 Å². The van der Waals surface area contributed by atoms with Crippen molar-refractivity contribution in [2.45, 2.75) is 13.5 Å². The molecule has 0 saturated carbocycles. The van der Waals surface area contributed by atoms with Gasteiger partial charge in [-0.2, -0.15) is 8.78 Å². The minimum Gasteiger partial charge on any atom is -0.435 e. The predicted octanol–water partition coefficient (Wildman–Crippen LogP) is 3.43. The molecule has 0 aliphatic rings. The summed E-state index contributed by atoms with van der Waals surface area (Å²) in [5.41, 5.74) is 2.16. The second-order valence-electron chi connectivity index (χ2n) is 5.15. The van der Waals surface area contributed by atoms with Gasteiger partial charge >= 0.3 is 6.61 Å². The van der Waals surface area contributed by atoms with E-state index in [-0.39, 0.29) is 11.6 Å². The molecular formula is C17H14F2N4O2. The van der Waals surface area contributed by atoms with Crippen molar-refractivity contribution in [3.63, 3.8) is 0 Å². The smallest absolute Gasteiger partial charge is 0.387 e. The van der Waals surface area contributed by atoms with Gasteiger partial charge in [0, 0.05) is 5.69 Å². The lowest BCUT2D eigenvalue weighted by atomic mass is 10.2. The van der Waals surface area contributed by atoms with Crippen LogP contribution in [0.3, 0.4) is 0 Å². The molecule has 1 heterocycles. The fourth-order valence-corrected chi connectivity index (χ4v) is 2.16. The molecule has 8 heteroatoms. The average molecular weight is 344 g/mol. The Morgan fingerprint density at radius 2 is 1.88 bits per heavy atom. The lowest BCUT2D eigenvalue weighted by Crippen LogP contribution is -2.15. The van der Waals surface area contributed by atoms with Gasteiger partial charge in [0.05, 0.1) is 5.69 Å². The van der Waals surface area contributed by atoms with E-state index >= 15 is 0 Å². The van der Waals surface area contributed by atoms with E-state index in [0.29, 0.717) is 11.4 Å². The lowest BCUT2D eigenvalue weighted by Gasteiger charge is -2.06. The average Bonchev–Trinajstić information content (AvgIpc) is 3.07. The first-order chi connectivity index (χ1) is 12.0. The summed E-state index contributed by atoms with van der Waals surface area (Å²) in [5.74, 6) is -0.404. The van der Waals surface area contributed by atoms with E-state index in [2.05, 4.69) is 20.1 Å². The van der Waals surface area contributed by atoms with Crippen LogP contribution in [0, 0.1) is 6.92 Å². The molecule has 1 aromatic heterocycles. The van der Waals surface area contributed by atoms with Gasteiger partial charge in [-0.25, -0.2) is 9.67 Å². The first-order valence-corrected chi connectivity index (χ1v) is 7.37. The molecule has 1 amide bonds. The van der Waals surface area contributed by atoms with Gasteiger partial charge in [0.1, 0.15) is 12.1 Å².